The van der Waals surface area contributed by atoms with Gasteiger partial charge in [-0.3, -0.25) is 20.2 Å². The Bertz CT molecular complexity index is 713. The van der Waals surface area contributed by atoms with Crippen molar-refractivity contribution in [1.82, 2.24) is 0 Å². The second-order valence-corrected chi connectivity index (χ2v) is 8.91. The van der Waals surface area contributed by atoms with Crippen molar-refractivity contribution in [3.05, 3.63) is 43.5 Å². The van der Waals surface area contributed by atoms with E-state index in [0.29, 0.717) is 23.3 Å². The first-order chi connectivity index (χ1) is 11.9. The van der Waals surface area contributed by atoms with E-state index in [4.69, 9.17) is 0 Å². The molecule has 6 heteroatoms. The number of nitrogens with zero attached hydrogens (tertiary/aromatic N) is 2. The Morgan fingerprint density at radius 1 is 0.840 bits per heavy atom. The first-order valence-corrected chi connectivity index (χ1v) is 9.42. The summed E-state index contributed by atoms with van der Waals surface area (Å²) < 4.78 is 0. The van der Waals surface area contributed by atoms with Crippen LogP contribution in [0, 0.1) is 38.0 Å². The molecule has 0 atom stereocenters. The van der Waals surface area contributed by atoms with Crippen LogP contribution in [-0.2, 0) is 5.41 Å². The van der Waals surface area contributed by atoms with Crippen LogP contribution in [0.4, 0.5) is 11.4 Å². The fourth-order valence-corrected chi connectivity index (χ4v) is 6.49. The van der Waals surface area contributed by atoms with Crippen LogP contribution in [0.15, 0.2) is 12.1 Å². The number of nitro groups is 2. The van der Waals surface area contributed by atoms with Gasteiger partial charge >= 0.3 is 0 Å². The first kappa shape index (κ1) is 15.3. The van der Waals surface area contributed by atoms with E-state index in [1.165, 1.54) is 19.3 Å². The van der Waals surface area contributed by atoms with Crippen molar-refractivity contribution in [2.24, 2.45) is 17.8 Å². The van der Waals surface area contributed by atoms with Gasteiger partial charge in [0.1, 0.15) is 5.56 Å². The molecule has 0 radical (unpaired) electrons. The lowest BCUT2D eigenvalue weighted by Gasteiger charge is -2.57. The molecule has 0 aromatic heterocycles. The third-order valence-corrected chi connectivity index (χ3v) is 7.17. The summed E-state index contributed by atoms with van der Waals surface area (Å²) in [6, 6.07) is 3.40. The minimum Gasteiger partial charge on any atom is -0.258 e. The maximum Gasteiger partial charge on any atom is 0.280 e. The molecule has 5 fully saturated rings. The molecule has 25 heavy (non-hydrogen) atoms. The van der Waals surface area contributed by atoms with E-state index < -0.39 is 9.85 Å². The predicted molar refractivity (Wildman–Crippen MR) is 91.6 cm³/mol. The van der Waals surface area contributed by atoms with Gasteiger partial charge in [-0.25, -0.2) is 0 Å². The summed E-state index contributed by atoms with van der Waals surface area (Å²) in [7, 11) is 0. The van der Waals surface area contributed by atoms with Gasteiger partial charge in [0.25, 0.3) is 11.4 Å². The molecule has 0 saturated heterocycles. The Morgan fingerprint density at radius 2 is 1.28 bits per heavy atom. The summed E-state index contributed by atoms with van der Waals surface area (Å²) in [5.41, 5.74) is 1.15. The van der Waals surface area contributed by atoms with E-state index >= 15 is 0 Å². The summed E-state index contributed by atoms with van der Waals surface area (Å²) in [6.45, 7) is 0. The van der Waals surface area contributed by atoms with Crippen LogP contribution in [0.1, 0.15) is 68.4 Å². The summed E-state index contributed by atoms with van der Waals surface area (Å²) in [4.78, 5) is 22.6. The van der Waals surface area contributed by atoms with E-state index in [9.17, 15) is 20.2 Å². The van der Waals surface area contributed by atoms with Crippen LogP contribution < -0.4 is 0 Å². The van der Waals surface area contributed by atoms with Gasteiger partial charge in [0, 0.05) is 12.1 Å². The summed E-state index contributed by atoms with van der Waals surface area (Å²) in [5, 5.41) is 23.4. The molecule has 6 rings (SSSR count). The molecule has 5 aliphatic rings. The molecule has 0 N–H and O–H groups in total. The van der Waals surface area contributed by atoms with Gasteiger partial charge < -0.3 is 0 Å². The fourth-order valence-electron chi connectivity index (χ4n) is 6.49. The van der Waals surface area contributed by atoms with Crippen LogP contribution in [0.5, 0.6) is 0 Å². The monoisotopic (exact) mass is 342 g/mol. The van der Waals surface area contributed by atoms with Gasteiger partial charge in [-0.2, -0.15) is 0 Å². The minimum atomic E-state index is -0.398. The summed E-state index contributed by atoms with van der Waals surface area (Å²) in [6.07, 6.45) is 8.63. The minimum absolute atomic E-state index is 0.00814. The first-order valence-electron chi connectivity index (χ1n) is 9.42. The Balaban J connectivity index is 1.67. The zero-order chi connectivity index (χ0) is 17.3. The molecule has 0 heterocycles. The lowest BCUT2D eigenvalue weighted by molar-refractivity contribution is -0.395. The van der Waals surface area contributed by atoms with Crippen molar-refractivity contribution in [2.45, 2.75) is 62.7 Å². The molecular weight excluding hydrogens is 320 g/mol. The number of hydrogen-bond donors (Lipinski definition) is 0. The van der Waals surface area contributed by atoms with Gasteiger partial charge in [0.2, 0.25) is 0 Å². The molecule has 1 aromatic rings. The lowest BCUT2D eigenvalue weighted by atomic mass is 9.48. The maximum absolute atomic E-state index is 11.7. The molecule has 1 aromatic carbocycles. The van der Waals surface area contributed by atoms with Crippen molar-refractivity contribution < 1.29 is 9.85 Å². The van der Waals surface area contributed by atoms with E-state index in [2.05, 4.69) is 0 Å². The van der Waals surface area contributed by atoms with Crippen LogP contribution in [0.2, 0.25) is 0 Å². The van der Waals surface area contributed by atoms with E-state index in [1.54, 1.807) is 12.1 Å². The average molecular weight is 342 g/mol. The fraction of sp³-hybridized carbons (Fsp3) is 0.684. The zero-order valence-electron chi connectivity index (χ0n) is 14.1. The highest BCUT2D eigenvalue weighted by Gasteiger charge is 2.52. The highest BCUT2D eigenvalue weighted by molar-refractivity contribution is 5.61. The van der Waals surface area contributed by atoms with Gasteiger partial charge in [0.05, 0.1) is 9.85 Å². The Labute approximate surface area is 145 Å². The van der Waals surface area contributed by atoms with Crippen molar-refractivity contribution >= 4 is 11.4 Å². The van der Waals surface area contributed by atoms with Crippen LogP contribution in [0.3, 0.4) is 0 Å². The largest absolute Gasteiger partial charge is 0.280 e. The van der Waals surface area contributed by atoms with E-state index in [-0.39, 0.29) is 22.7 Å². The molecular formula is C19H22N2O4. The molecule has 0 amide bonds. The molecule has 0 aliphatic heterocycles. The standard InChI is InChI=1S/C19H22N2O4/c22-20(23)16-6-15(7-17(21(24)25)18(16)14-1-2-14)19-8-11-3-12(9-19)5-13(4-11)10-19/h6-7,11-14H,1-5,8-10H2. The van der Waals surface area contributed by atoms with Crippen molar-refractivity contribution in [3.8, 4) is 0 Å². The highest BCUT2D eigenvalue weighted by Crippen LogP contribution is 2.62. The second-order valence-electron chi connectivity index (χ2n) is 8.91. The van der Waals surface area contributed by atoms with Gasteiger partial charge in [-0.1, -0.05) is 0 Å². The summed E-state index contributed by atoms with van der Waals surface area (Å²) >= 11 is 0. The zero-order valence-corrected chi connectivity index (χ0v) is 14.1. The normalized spacial score (nSPS) is 35.8. The maximum atomic E-state index is 11.7. The molecule has 5 aliphatic carbocycles. The molecule has 0 unspecified atom stereocenters. The Morgan fingerprint density at radius 3 is 1.64 bits per heavy atom. The van der Waals surface area contributed by atoms with E-state index in [1.807, 2.05) is 0 Å². The van der Waals surface area contributed by atoms with Crippen molar-refractivity contribution in [2.75, 3.05) is 0 Å². The molecule has 4 bridgehead atoms. The molecule has 5 saturated carbocycles. The molecule has 0 spiro atoms. The van der Waals surface area contributed by atoms with Crippen molar-refractivity contribution in [3.63, 3.8) is 0 Å². The average Bonchev–Trinajstić information content (AvgIpc) is 3.36. The molecule has 6 nitrogen and oxygen atoms in total. The van der Waals surface area contributed by atoms with Gasteiger partial charge in [-0.15, -0.1) is 0 Å². The SMILES string of the molecule is O=[N+]([O-])c1cc(C23CC4CC(CC(C4)C2)C3)cc([N+](=O)[O-])c1C1CC1. The number of rotatable bonds is 4. The highest BCUT2D eigenvalue weighted by atomic mass is 16.6. The summed E-state index contributed by atoms with van der Waals surface area (Å²) in [5.74, 6) is 2.10. The van der Waals surface area contributed by atoms with Crippen molar-refractivity contribution in [1.29, 1.82) is 0 Å². The van der Waals surface area contributed by atoms with Crippen LogP contribution in [-0.4, -0.2) is 9.85 Å². The number of nitro benzene ring substituents is 2. The smallest absolute Gasteiger partial charge is 0.258 e. The van der Waals surface area contributed by atoms with Gasteiger partial charge in [-0.05, 0) is 86.0 Å². The topological polar surface area (TPSA) is 86.3 Å². The van der Waals surface area contributed by atoms with Gasteiger partial charge in [0.15, 0.2) is 0 Å². The lowest BCUT2D eigenvalue weighted by Crippen LogP contribution is -2.48. The predicted octanol–water partition coefficient (Wildman–Crippen LogP) is 4.85. The second kappa shape index (κ2) is 5.02. The molecule has 132 valence electrons. The van der Waals surface area contributed by atoms with Crippen LogP contribution in [0.25, 0.3) is 0 Å². The van der Waals surface area contributed by atoms with Crippen LogP contribution >= 0.6 is 0 Å². The third-order valence-electron chi connectivity index (χ3n) is 7.17. The quantitative estimate of drug-likeness (QED) is 0.578. The number of benzene rings is 1. The van der Waals surface area contributed by atoms with E-state index in [0.717, 1.165) is 37.7 Å². The Hall–Kier alpha value is -1.98. The number of hydrogen-bond acceptors (Lipinski definition) is 4. The third kappa shape index (κ3) is 2.29. The Kier molecular flexibility index (Phi) is 3.07.